The molecule has 33 heavy (non-hydrogen) atoms. The number of rotatable bonds is 12. The molecule has 0 radical (unpaired) electrons. The predicted octanol–water partition coefficient (Wildman–Crippen LogP) is 8.52. The molecule has 2 heterocycles. The number of allylic oxidation sites excluding steroid dienone is 3. The average molecular weight is 446 g/mol. The van der Waals surface area contributed by atoms with Crippen LogP contribution < -0.4 is 0 Å². The monoisotopic (exact) mass is 445 g/mol. The minimum atomic E-state index is 0.0311. The second-order valence-corrected chi connectivity index (χ2v) is 10.1. The Labute approximate surface area is 202 Å². The molecule has 0 spiro atoms. The highest BCUT2D eigenvalue weighted by Crippen LogP contribution is 2.39. The van der Waals surface area contributed by atoms with E-state index in [0.29, 0.717) is 0 Å². The zero-order chi connectivity index (χ0) is 23.8. The normalized spacial score (nSPS) is 15.3. The van der Waals surface area contributed by atoms with Gasteiger partial charge in [-0.25, -0.2) is 0 Å². The second kappa shape index (κ2) is 11.7. The molecule has 0 atom stereocenters. The molecule has 3 rings (SSSR count). The molecule has 2 aromatic rings. The maximum atomic E-state index is 2.50. The van der Waals surface area contributed by atoms with E-state index in [4.69, 9.17) is 0 Å². The Morgan fingerprint density at radius 1 is 0.879 bits per heavy atom. The van der Waals surface area contributed by atoms with E-state index >= 15 is 0 Å². The standard InChI is InChI=1S/C31H45N2/c1-7-9-10-11-12-13-18-23-33-25(3)24-27(26(33)4)19-14-17-22-30-31(5,6)28-20-15-16-21-29(28)32(30)8-2/h14-17,19-22,24H,7-13,18,23H2,1-6H3/q+1. The third kappa shape index (κ3) is 5.78. The van der Waals surface area contributed by atoms with Crippen LogP contribution in [0.15, 0.2) is 48.6 Å². The van der Waals surface area contributed by atoms with Crippen molar-refractivity contribution in [1.82, 2.24) is 4.57 Å². The molecule has 1 aliphatic heterocycles. The summed E-state index contributed by atoms with van der Waals surface area (Å²) in [5.74, 6) is 0. The number of aryl methyl sites for hydroxylation is 1. The Balaban J connectivity index is 1.63. The molecule has 1 aliphatic rings. The van der Waals surface area contributed by atoms with Gasteiger partial charge in [0.2, 0.25) is 5.69 Å². The Morgan fingerprint density at radius 2 is 1.55 bits per heavy atom. The topological polar surface area (TPSA) is 7.94 Å². The van der Waals surface area contributed by atoms with Gasteiger partial charge in [-0.2, -0.15) is 4.58 Å². The third-order valence-corrected chi connectivity index (χ3v) is 7.35. The van der Waals surface area contributed by atoms with Crippen LogP contribution in [0.2, 0.25) is 0 Å². The van der Waals surface area contributed by atoms with Crippen LogP contribution in [0, 0.1) is 13.8 Å². The number of hydrogen-bond donors (Lipinski definition) is 0. The Hall–Kier alpha value is -2.35. The van der Waals surface area contributed by atoms with Crippen molar-refractivity contribution in [1.29, 1.82) is 0 Å². The molecule has 2 nitrogen and oxygen atoms in total. The first-order valence-electron chi connectivity index (χ1n) is 13.2. The molecule has 0 saturated heterocycles. The summed E-state index contributed by atoms with van der Waals surface area (Å²) in [6, 6.07) is 11.2. The van der Waals surface area contributed by atoms with Crippen LogP contribution in [0.1, 0.15) is 95.2 Å². The lowest BCUT2D eigenvalue weighted by atomic mass is 9.81. The number of nitrogens with zero attached hydrogens (tertiary/aromatic N) is 2. The number of benzene rings is 1. The average Bonchev–Trinajstić information content (AvgIpc) is 3.20. The first kappa shape index (κ1) is 25.3. The minimum Gasteiger partial charge on any atom is -0.349 e. The van der Waals surface area contributed by atoms with Crippen molar-refractivity contribution in [3.05, 3.63) is 71.1 Å². The maximum Gasteiger partial charge on any atom is 0.209 e. The molecule has 2 heteroatoms. The maximum absolute atomic E-state index is 2.50. The highest BCUT2D eigenvalue weighted by molar-refractivity contribution is 6.03. The SMILES string of the molecule is CCCCCCCCCn1c(C)cc(/C=C/C=C/C2=[N+](CC)c3ccccc3C2(C)C)c1C. The quantitative estimate of drug-likeness (QED) is 0.176. The van der Waals surface area contributed by atoms with Crippen molar-refractivity contribution in [2.45, 2.75) is 98.4 Å². The highest BCUT2D eigenvalue weighted by Gasteiger charge is 2.43. The molecule has 0 aliphatic carbocycles. The fraction of sp³-hybridized carbons (Fsp3) is 0.516. The first-order chi connectivity index (χ1) is 15.9. The summed E-state index contributed by atoms with van der Waals surface area (Å²) in [6.45, 7) is 15.8. The van der Waals surface area contributed by atoms with Gasteiger partial charge in [-0.3, -0.25) is 0 Å². The highest BCUT2D eigenvalue weighted by atomic mass is 15.0. The molecule has 0 saturated carbocycles. The largest absolute Gasteiger partial charge is 0.349 e. The summed E-state index contributed by atoms with van der Waals surface area (Å²) in [6.07, 6.45) is 18.5. The van der Waals surface area contributed by atoms with Crippen LogP contribution in [-0.2, 0) is 12.0 Å². The molecule has 1 aromatic carbocycles. The van der Waals surface area contributed by atoms with Crippen molar-refractivity contribution in [2.75, 3.05) is 6.54 Å². The zero-order valence-electron chi connectivity index (χ0n) is 22.0. The van der Waals surface area contributed by atoms with E-state index in [-0.39, 0.29) is 5.41 Å². The van der Waals surface area contributed by atoms with Gasteiger partial charge in [-0.15, -0.1) is 0 Å². The lowest BCUT2D eigenvalue weighted by Gasteiger charge is -2.15. The molecule has 0 fully saturated rings. The van der Waals surface area contributed by atoms with E-state index in [0.717, 1.165) is 13.1 Å². The zero-order valence-corrected chi connectivity index (χ0v) is 22.0. The van der Waals surface area contributed by atoms with Crippen molar-refractivity contribution in [3.63, 3.8) is 0 Å². The molecular formula is C31H45N2+. The van der Waals surface area contributed by atoms with E-state index in [1.54, 1.807) is 0 Å². The fourth-order valence-electron chi connectivity index (χ4n) is 5.36. The van der Waals surface area contributed by atoms with Gasteiger partial charge in [-0.05, 0) is 52.7 Å². The molecule has 0 amide bonds. The van der Waals surface area contributed by atoms with E-state index in [9.17, 15) is 0 Å². The van der Waals surface area contributed by atoms with Crippen molar-refractivity contribution in [2.24, 2.45) is 0 Å². The number of fused-ring (bicyclic) bond motifs is 1. The summed E-state index contributed by atoms with van der Waals surface area (Å²) in [5.41, 5.74) is 8.28. The van der Waals surface area contributed by atoms with Crippen LogP contribution in [0.3, 0.4) is 0 Å². The van der Waals surface area contributed by atoms with Crippen molar-refractivity contribution in [3.8, 4) is 0 Å². The number of unbranched alkanes of at least 4 members (excludes halogenated alkanes) is 6. The summed E-state index contributed by atoms with van der Waals surface area (Å²) in [5, 5.41) is 0. The van der Waals surface area contributed by atoms with Gasteiger partial charge >= 0.3 is 0 Å². The van der Waals surface area contributed by atoms with Gasteiger partial charge < -0.3 is 4.57 Å². The second-order valence-electron chi connectivity index (χ2n) is 10.1. The van der Waals surface area contributed by atoms with E-state index in [2.05, 4.69) is 105 Å². The first-order valence-corrected chi connectivity index (χ1v) is 13.2. The predicted molar refractivity (Wildman–Crippen MR) is 145 cm³/mol. The molecule has 178 valence electrons. The number of para-hydroxylation sites is 1. The van der Waals surface area contributed by atoms with Gasteiger partial charge in [0, 0.05) is 35.6 Å². The summed E-state index contributed by atoms with van der Waals surface area (Å²) in [7, 11) is 0. The van der Waals surface area contributed by atoms with Crippen LogP contribution in [0.4, 0.5) is 5.69 Å². The lowest BCUT2D eigenvalue weighted by molar-refractivity contribution is -0.433. The van der Waals surface area contributed by atoms with Crippen LogP contribution in [-0.4, -0.2) is 21.4 Å². The van der Waals surface area contributed by atoms with Gasteiger partial charge in [0.05, 0.1) is 5.41 Å². The molecule has 0 bridgehead atoms. The number of hydrogen-bond acceptors (Lipinski definition) is 0. The summed E-state index contributed by atoms with van der Waals surface area (Å²) >= 11 is 0. The van der Waals surface area contributed by atoms with E-state index in [1.165, 1.54) is 78.9 Å². The summed E-state index contributed by atoms with van der Waals surface area (Å²) < 4.78 is 4.95. The van der Waals surface area contributed by atoms with Gasteiger partial charge in [0.1, 0.15) is 6.54 Å². The minimum absolute atomic E-state index is 0.0311. The smallest absolute Gasteiger partial charge is 0.209 e. The Bertz CT molecular complexity index is 1010. The van der Waals surface area contributed by atoms with Crippen LogP contribution in [0.5, 0.6) is 0 Å². The van der Waals surface area contributed by atoms with Gasteiger partial charge in [-0.1, -0.05) is 81.9 Å². The molecule has 0 N–H and O–H groups in total. The number of aromatic nitrogens is 1. The van der Waals surface area contributed by atoms with Gasteiger partial charge in [0.15, 0.2) is 5.71 Å². The molecular weight excluding hydrogens is 400 g/mol. The Kier molecular flexibility index (Phi) is 8.95. The van der Waals surface area contributed by atoms with Crippen LogP contribution in [0.25, 0.3) is 6.08 Å². The van der Waals surface area contributed by atoms with Crippen molar-refractivity contribution < 1.29 is 4.58 Å². The molecule has 0 unspecified atom stereocenters. The Morgan fingerprint density at radius 3 is 2.27 bits per heavy atom. The van der Waals surface area contributed by atoms with Gasteiger partial charge in [0.25, 0.3) is 0 Å². The molecule has 1 aromatic heterocycles. The van der Waals surface area contributed by atoms with Crippen LogP contribution >= 0.6 is 0 Å². The third-order valence-electron chi connectivity index (χ3n) is 7.35. The van der Waals surface area contributed by atoms with Crippen molar-refractivity contribution >= 4 is 17.5 Å². The van der Waals surface area contributed by atoms with E-state index in [1.807, 2.05) is 0 Å². The fourth-order valence-corrected chi connectivity index (χ4v) is 5.36. The van der Waals surface area contributed by atoms with E-state index < -0.39 is 0 Å². The summed E-state index contributed by atoms with van der Waals surface area (Å²) in [4.78, 5) is 0. The lowest BCUT2D eigenvalue weighted by Crippen LogP contribution is -2.27.